The maximum absolute atomic E-state index is 5.62. The molecule has 15 heavy (non-hydrogen) atoms. The zero-order chi connectivity index (χ0) is 11.4. The molecule has 0 amide bonds. The highest BCUT2D eigenvalue weighted by Crippen LogP contribution is 2.14. The Morgan fingerprint density at radius 3 is 2.40 bits per heavy atom. The van der Waals surface area contributed by atoms with Gasteiger partial charge in [0, 0.05) is 13.8 Å². The number of hydrogen-bond donors (Lipinski definition) is 0. The van der Waals surface area contributed by atoms with Crippen LogP contribution in [0.2, 0.25) is 0 Å². The van der Waals surface area contributed by atoms with Gasteiger partial charge in [-0.1, -0.05) is 6.58 Å². The fraction of sp³-hybridized carbons (Fsp3) is 0.462. The van der Waals surface area contributed by atoms with Gasteiger partial charge in [-0.3, -0.25) is 4.42 Å². The summed E-state index contributed by atoms with van der Waals surface area (Å²) in [6.45, 7) is 11.9. The third-order valence-corrected chi connectivity index (χ3v) is 1.77. The van der Waals surface area contributed by atoms with Gasteiger partial charge in [0.15, 0.2) is 0 Å². The van der Waals surface area contributed by atoms with Gasteiger partial charge in [-0.2, -0.15) is 0 Å². The second kappa shape index (κ2) is 4.96. The van der Waals surface area contributed by atoms with E-state index in [-0.39, 0.29) is 12.2 Å². The highest BCUT2D eigenvalue weighted by atomic mass is 16.5. The number of carbonyl (C=O) groups excluding carboxylic acids is 1. The number of hydrogen-bond acceptors (Lipinski definition) is 1. The fourth-order valence-electron chi connectivity index (χ4n) is 1.24. The molecule has 2 heteroatoms. The van der Waals surface area contributed by atoms with Crippen molar-refractivity contribution in [2.24, 2.45) is 0 Å². The van der Waals surface area contributed by atoms with Crippen LogP contribution < -0.4 is 0 Å². The molecular formula is C13H19O2+. The molecule has 0 aromatic rings. The van der Waals surface area contributed by atoms with Crippen LogP contribution in [0.15, 0.2) is 36.1 Å². The van der Waals surface area contributed by atoms with Crippen molar-refractivity contribution in [3.05, 3.63) is 36.1 Å². The molecular weight excluding hydrogens is 188 g/mol. The molecule has 0 radical (unpaired) electrons. The molecule has 0 bridgehead atoms. The van der Waals surface area contributed by atoms with Crippen molar-refractivity contribution in [1.29, 1.82) is 0 Å². The molecule has 0 unspecified atom stereocenters. The van der Waals surface area contributed by atoms with Gasteiger partial charge in [-0.05, 0) is 26.0 Å². The highest BCUT2D eigenvalue weighted by molar-refractivity contribution is 6.07. The van der Waals surface area contributed by atoms with Crippen LogP contribution >= 0.6 is 0 Å². The molecule has 0 saturated heterocycles. The molecule has 82 valence electrons. The Kier molecular flexibility index (Phi) is 3.89. The van der Waals surface area contributed by atoms with E-state index in [0.29, 0.717) is 0 Å². The lowest BCUT2D eigenvalue weighted by molar-refractivity contribution is -0.492. The number of ketones is 1. The standard InChI is InChI=1S/C13H19O2/c1-9(2)14-12-7-6-11(5)13(8-12)15-10(3)4/h6-10H,5H2,1-4H3/q+1. The predicted molar refractivity (Wildman–Crippen MR) is 62.7 cm³/mol. The van der Waals surface area contributed by atoms with Crippen LogP contribution in [0.1, 0.15) is 27.7 Å². The summed E-state index contributed by atoms with van der Waals surface area (Å²) in [6, 6.07) is 0. The van der Waals surface area contributed by atoms with Crippen LogP contribution in [0.4, 0.5) is 0 Å². The zero-order valence-electron chi connectivity index (χ0n) is 9.91. The van der Waals surface area contributed by atoms with Gasteiger partial charge in [0.1, 0.15) is 5.76 Å². The van der Waals surface area contributed by atoms with E-state index < -0.39 is 0 Å². The van der Waals surface area contributed by atoms with Crippen molar-refractivity contribution in [2.75, 3.05) is 0 Å². The average Bonchev–Trinajstić information content (AvgIpc) is 2.09. The largest absolute Gasteiger partial charge is 0.491 e. The molecule has 1 aliphatic carbocycles. The van der Waals surface area contributed by atoms with Crippen molar-refractivity contribution < 1.29 is 9.16 Å². The monoisotopic (exact) mass is 207 g/mol. The Balaban J connectivity index is 2.85. The van der Waals surface area contributed by atoms with E-state index >= 15 is 0 Å². The quantitative estimate of drug-likeness (QED) is 0.514. The topological polar surface area (TPSA) is 20.5 Å². The van der Waals surface area contributed by atoms with Crippen LogP contribution in [0.3, 0.4) is 0 Å². The first-order valence-electron chi connectivity index (χ1n) is 5.28. The Bertz CT molecular complexity index is 330. The van der Waals surface area contributed by atoms with Gasteiger partial charge in [-0.25, -0.2) is 0 Å². The summed E-state index contributed by atoms with van der Waals surface area (Å²) in [5.74, 6) is 1.62. The van der Waals surface area contributed by atoms with E-state index in [1.807, 2.05) is 45.9 Å². The van der Waals surface area contributed by atoms with Crippen molar-refractivity contribution in [1.82, 2.24) is 0 Å². The van der Waals surface area contributed by atoms with E-state index in [4.69, 9.17) is 9.16 Å². The van der Waals surface area contributed by atoms with Crippen molar-refractivity contribution in [3.8, 4) is 0 Å². The number of rotatable bonds is 3. The molecule has 0 N–H and O–H groups in total. The molecule has 2 nitrogen and oxygen atoms in total. The summed E-state index contributed by atoms with van der Waals surface area (Å²) in [7, 11) is 0. The summed E-state index contributed by atoms with van der Waals surface area (Å²) >= 11 is 0. The van der Waals surface area contributed by atoms with Gasteiger partial charge < -0.3 is 4.74 Å². The van der Waals surface area contributed by atoms with Crippen LogP contribution in [0.25, 0.3) is 0 Å². The smallest absolute Gasteiger partial charge is 0.354 e. The van der Waals surface area contributed by atoms with Gasteiger partial charge >= 0.3 is 5.78 Å². The van der Waals surface area contributed by atoms with E-state index in [1.165, 1.54) is 0 Å². The minimum absolute atomic E-state index is 0.153. The fourth-order valence-corrected chi connectivity index (χ4v) is 1.24. The molecule has 0 saturated carbocycles. The lowest BCUT2D eigenvalue weighted by Gasteiger charge is -2.11. The van der Waals surface area contributed by atoms with E-state index in [1.54, 1.807) is 0 Å². The normalized spacial score (nSPS) is 18.9. The van der Waals surface area contributed by atoms with Crippen LogP contribution in [0.5, 0.6) is 0 Å². The van der Waals surface area contributed by atoms with Crippen molar-refractivity contribution >= 4 is 5.78 Å². The third kappa shape index (κ3) is 3.74. The highest BCUT2D eigenvalue weighted by Gasteiger charge is 2.19. The Hall–Kier alpha value is -1.31. The van der Waals surface area contributed by atoms with Gasteiger partial charge in [0.25, 0.3) is 6.10 Å². The summed E-state index contributed by atoms with van der Waals surface area (Å²) in [5, 5.41) is 0. The lowest BCUT2D eigenvalue weighted by atomic mass is 10.1. The molecule has 0 fully saturated rings. The lowest BCUT2D eigenvalue weighted by Crippen LogP contribution is -2.12. The predicted octanol–water partition coefficient (Wildman–Crippen LogP) is 2.93. The van der Waals surface area contributed by atoms with Crippen molar-refractivity contribution in [2.45, 2.75) is 39.9 Å². The van der Waals surface area contributed by atoms with Crippen LogP contribution in [-0.4, -0.2) is 18.0 Å². The van der Waals surface area contributed by atoms with Crippen LogP contribution in [-0.2, 0) is 9.16 Å². The summed E-state index contributed by atoms with van der Waals surface area (Å²) < 4.78 is 11.2. The van der Waals surface area contributed by atoms with Crippen LogP contribution in [0, 0.1) is 0 Å². The molecule has 0 spiro atoms. The first-order valence-corrected chi connectivity index (χ1v) is 5.28. The Morgan fingerprint density at radius 2 is 1.87 bits per heavy atom. The first-order chi connectivity index (χ1) is 6.99. The van der Waals surface area contributed by atoms with E-state index in [2.05, 4.69) is 6.58 Å². The molecule has 1 aliphatic rings. The molecule has 1 rings (SSSR count). The van der Waals surface area contributed by atoms with E-state index in [0.717, 1.165) is 17.1 Å². The first kappa shape index (κ1) is 11.8. The Labute approximate surface area is 91.6 Å². The summed E-state index contributed by atoms with van der Waals surface area (Å²) in [6.07, 6.45) is 6.04. The minimum Gasteiger partial charge on any atom is -0.491 e. The SMILES string of the molecule is C=C1C=CC(OC(C)C)=C/C1=[O+]\C(C)C. The molecule has 0 aromatic carbocycles. The molecule has 0 atom stereocenters. The second-order valence-electron chi connectivity index (χ2n) is 4.10. The maximum atomic E-state index is 5.62. The number of allylic oxidation sites excluding steroid dienone is 4. The van der Waals surface area contributed by atoms with Crippen molar-refractivity contribution in [3.63, 3.8) is 0 Å². The minimum atomic E-state index is 0.153. The van der Waals surface area contributed by atoms with Gasteiger partial charge in [-0.15, -0.1) is 0 Å². The maximum Gasteiger partial charge on any atom is 0.354 e. The zero-order valence-corrected chi connectivity index (χ0v) is 9.91. The van der Waals surface area contributed by atoms with Gasteiger partial charge in [0.2, 0.25) is 0 Å². The number of ether oxygens (including phenoxy) is 1. The molecule has 0 aromatic heterocycles. The molecule has 0 heterocycles. The average molecular weight is 207 g/mol. The second-order valence-corrected chi connectivity index (χ2v) is 4.10. The Morgan fingerprint density at radius 1 is 1.20 bits per heavy atom. The molecule has 0 aliphatic heterocycles. The summed E-state index contributed by atoms with van der Waals surface area (Å²) in [5.41, 5.74) is 0.889. The third-order valence-electron chi connectivity index (χ3n) is 1.77. The van der Waals surface area contributed by atoms with Gasteiger partial charge in [0.05, 0.1) is 17.8 Å². The van der Waals surface area contributed by atoms with E-state index in [9.17, 15) is 0 Å². The summed E-state index contributed by atoms with van der Waals surface area (Å²) in [4.78, 5) is 0.